The van der Waals surface area contributed by atoms with Crippen molar-refractivity contribution in [2.75, 3.05) is 40.0 Å². The summed E-state index contributed by atoms with van der Waals surface area (Å²) < 4.78 is 47.9. The number of likely N-dealkylation sites (N-methyl/N-ethyl adjacent to an activating group) is 1. The van der Waals surface area contributed by atoms with Crippen LogP contribution in [0.3, 0.4) is 0 Å². The third kappa shape index (κ3) is 5.87. The molecule has 0 unspecified atom stereocenters. The van der Waals surface area contributed by atoms with Gasteiger partial charge in [0.2, 0.25) is 5.91 Å². The Bertz CT molecular complexity index is 559. The Morgan fingerprint density at radius 3 is 2.68 bits per heavy atom. The van der Waals surface area contributed by atoms with Crippen molar-refractivity contribution in [2.45, 2.75) is 18.3 Å². The van der Waals surface area contributed by atoms with Gasteiger partial charge in [-0.1, -0.05) is 0 Å². The van der Waals surface area contributed by atoms with Gasteiger partial charge in [0.25, 0.3) is 0 Å². The summed E-state index contributed by atoms with van der Waals surface area (Å²) in [5, 5.41) is 13.0. The highest BCUT2D eigenvalue weighted by Gasteiger charge is 2.30. The van der Waals surface area contributed by atoms with Gasteiger partial charge in [-0.15, -0.1) is 0 Å². The summed E-state index contributed by atoms with van der Waals surface area (Å²) in [6.45, 7) is 1.32. The maximum Gasteiger partial charge on any atom is 0.416 e. The van der Waals surface area contributed by atoms with E-state index < -0.39 is 23.9 Å². The molecule has 1 fully saturated rings. The monoisotopic (exact) mass is 362 g/mol. The number of morpholine rings is 1. The highest BCUT2D eigenvalue weighted by atomic mass is 19.4. The Morgan fingerprint density at radius 1 is 1.44 bits per heavy atom. The first-order valence-corrected chi connectivity index (χ1v) is 7.81. The molecular weight excluding hydrogens is 341 g/mol. The number of carbonyl (C=O) groups excluding carboxylic acids is 1. The van der Waals surface area contributed by atoms with Gasteiger partial charge in [-0.2, -0.15) is 13.2 Å². The van der Waals surface area contributed by atoms with Gasteiger partial charge >= 0.3 is 6.18 Å². The van der Waals surface area contributed by atoms with Crippen LogP contribution in [0.25, 0.3) is 0 Å². The molecule has 2 atom stereocenters. The molecule has 9 heteroatoms. The zero-order valence-electron chi connectivity index (χ0n) is 13.8. The van der Waals surface area contributed by atoms with E-state index in [9.17, 15) is 23.1 Å². The minimum atomic E-state index is -4.40. The molecule has 0 saturated carbocycles. The Labute approximate surface area is 143 Å². The zero-order chi connectivity index (χ0) is 18.4. The van der Waals surface area contributed by atoms with Gasteiger partial charge in [0.05, 0.1) is 18.8 Å². The average Bonchev–Trinajstić information content (AvgIpc) is 2.59. The number of carbonyl (C=O) groups is 1. The number of hydrogen-bond acceptors (Lipinski definition) is 5. The van der Waals surface area contributed by atoms with Crippen molar-refractivity contribution in [2.24, 2.45) is 0 Å². The number of aliphatic hydroxyl groups excluding tert-OH is 1. The fourth-order valence-corrected chi connectivity index (χ4v) is 2.38. The molecule has 0 bridgehead atoms. The highest BCUT2D eigenvalue weighted by Crippen LogP contribution is 2.30. The van der Waals surface area contributed by atoms with E-state index in [2.05, 4.69) is 5.32 Å². The van der Waals surface area contributed by atoms with E-state index in [4.69, 9.17) is 9.47 Å². The van der Waals surface area contributed by atoms with Gasteiger partial charge in [0.15, 0.2) is 0 Å². The number of nitrogens with zero attached hydrogens (tertiary/aromatic N) is 1. The van der Waals surface area contributed by atoms with Crippen LogP contribution in [0.1, 0.15) is 5.56 Å². The summed E-state index contributed by atoms with van der Waals surface area (Å²) >= 11 is 0. The summed E-state index contributed by atoms with van der Waals surface area (Å²) in [6.07, 6.45) is -5.38. The third-order valence-corrected chi connectivity index (χ3v) is 3.70. The largest absolute Gasteiger partial charge is 0.491 e. The van der Waals surface area contributed by atoms with Gasteiger partial charge in [-0.25, -0.2) is 0 Å². The maximum atomic E-state index is 12.5. The number of alkyl halides is 3. The predicted octanol–water partition coefficient (Wildman–Crippen LogP) is 0.892. The number of halogens is 3. The van der Waals surface area contributed by atoms with Gasteiger partial charge in [-0.05, 0) is 24.3 Å². The first-order chi connectivity index (χ1) is 11.8. The number of rotatable bonds is 6. The predicted molar refractivity (Wildman–Crippen MR) is 83.2 cm³/mol. The molecule has 2 rings (SSSR count). The molecule has 1 amide bonds. The number of benzene rings is 1. The van der Waals surface area contributed by atoms with Crippen LogP contribution in [0.2, 0.25) is 0 Å². The smallest absolute Gasteiger partial charge is 0.416 e. The van der Waals surface area contributed by atoms with Crippen molar-refractivity contribution in [3.63, 3.8) is 0 Å². The second kappa shape index (κ2) is 8.50. The summed E-state index contributed by atoms with van der Waals surface area (Å²) in [7, 11) is 1.56. The van der Waals surface area contributed by atoms with Gasteiger partial charge in [0.1, 0.15) is 24.5 Å². The number of ether oxygens (including phenoxy) is 2. The summed E-state index contributed by atoms with van der Waals surface area (Å²) in [5.41, 5.74) is -0.770. The minimum absolute atomic E-state index is 0.0393. The molecular formula is C16H21F3N2O4. The number of amides is 1. The zero-order valence-corrected chi connectivity index (χ0v) is 13.8. The standard InChI is InChI=1S/C16H21F3N2O4/c1-21(15(23)14-10-24-7-6-20-14)8-12(22)9-25-13-4-2-11(3-5-13)16(17,18)19/h2-5,12,14,20,22H,6-10H2,1H3/t12-,14+/m1/s1. The van der Waals surface area contributed by atoms with Crippen LogP contribution in [0, 0.1) is 0 Å². The van der Waals surface area contributed by atoms with E-state index in [0.717, 1.165) is 12.1 Å². The molecule has 6 nitrogen and oxygen atoms in total. The van der Waals surface area contributed by atoms with E-state index in [1.807, 2.05) is 0 Å². The average molecular weight is 362 g/mol. The summed E-state index contributed by atoms with van der Waals surface area (Å²) in [5.74, 6) is 0.0108. The Balaban J connectivity index is 1.77. The lowest BCUT2D eigenvalue weighted by Gasteiger charge is -2.28. The van der Waals surface area contributed by atoms with Crippen molar-refractivity contribution < 1.29 is 32.5 Å². The molecule has 1 aromatic rings. The maximum absolute atomic E-state index is 12.5. The lowest BCUT2D eigenvalue weighted by Crippen LogP contribution is -2.53. The quantitative estimate of drug-likeness (QED) is 0.787. The second-order valence-corrected chi connectivity index (χ2v) is 5.79. The molecule has 0 radical (unpaired) electrons. The molecule has 1 aromatic carbocycles. The fourth-order valence-electron chi connectivity index (χ4n) is 2.38. The van der Waals surface area contributed by atoms with Crippen molar-refractivity contribution in [1.29, 1.82) is 0 Å². The molecule has 140 valence electrons. The van der Waals surface area contributed by atoms with Crippen LogP contribution in [0.4, 0.5) is 13.2 Å². The first kappa shape index (κ1) is 19.5. The van der Waals surface area contributed by atoms with E-state index in [-0.39, 0.29) is 31.4 Å². The normalized spacial score (nSPS) is 19.3. The molecule has 0 aromatic heterocycles. The van der Waals surface area contributed by atoms with E-state index in [1.54, 1.807) is 7.05 Å². The highest BCUT2D eigenvalue weighted by molar-refractivity contribution is 5.81. The minimum Gasteiger partial charge on any atom is -0.491 e. The lowest BCUT2D eigenvalue weighted by molar-refractivity contribution is -0.137. The molecule has 1 saturated heterocycles. The third-order valence-electron chi connectivity index (χ3n) is 3.70. The molecule has 25 heavy (non-hydrogen) atoms. The number of aliphatic hydroxyl groups is 1. The number of hydrogen-bond donors (Lipinski definition) is 2. The topological polar surface area (TPSA) is 71.0 Å². The van der Waals surface area contributed by atoms with E-state index >= 15 is 0 Å². The van der Waals surface area contributed by atoms with Crippen LogP contribution >= 0.6 is 0 Å². The molecule has 0 spiro atoms. The van der Waals surface area contributed by atoms with E-state index in [0.29, 0.717) is 13.2 Å². The lowest BCUT2D eigenvalue weighted by atomic mass is 10.2. The second-order valence-electron chi connectivity index (χ2n) is 5.79. The Kier molecular flexibility index (Phi) is 6.63. The van der Waals surface area contributed by atoms with Gasteiger partial charge in [-0.3, -0.25) is 4.79 Å². The Hall–Kier alpha value is -1.84. The van der Waals surface area contributed by atoms with Crippen LogP contribution in [0.15, 0.2) is 24.3 Å². The molecule has 0 aliphatic carbocycles. The SMILES string of the molecule is CN(C[C@@H](O)COc1ccc(C(F)(F)F)cc1)C(=O)[C@@H]1COCCN1. The van der Waals surface area contributed by atoms with Crippen molar-refractivity contribution in [3.05, 3.63) is 29.8 Å². The fraction of sp³-hybridized carbons (Fsp3) is 0.562. The summed E-state index contributed by atoms with van der Waals surface area (Å²) in [6, 6.07) is 3.75. The first-order valence-electron chi connectivity index (χ1n) is 7.81. The van der Waals surface area contributed by atoms with Crippen molar-refractivity contribution >= 4 is 5.91 Å². The molecule has 2 N–H and O–H groups in total. The van der Waals surface area contributed by atoms with Crippen LogP contribution in [0.5, 0.6) is 5.75 Å². The van der Waals surface area contributed by atoms with E-state index in [1.165, 1.54) is 17.0 Å². The number of nitrogens with one attached hydrogen (secondary N) is 1. The van der Waals surface area contributed by atoms with Crippen LogP contribution < -0.4 is 10.1 Å². The summed E-state index contributed by atoms with van der Waals surface area (Å²) in [4.78, 5) is 13.5. The molecule has 1 aliphatic rings. The molecule has 1 heterocycles. The van der Waals surface area contributed by atoms with Crippen LogP contribution in [-0.2, 0) is 15.7 Å². The van der Waals surface area contributed by atoms with Crippen molar-refractivity contribution in [3.8, 4) is 5.75 Å². The molecule has 1 aliphatic heterocycles. The van der Waals surface area contributed by atoms with Gasteiger partial charge in [0, 0.05) is 20.1 Å². The van der Waals surface area contributed by atoms with Crippen LogP contribution in [-0.4, -0.2) is 68.0 Å². The van der Waals surface area contributed by atoms with Gasteiger partial charge < -0.3 is 24.8 Å². The van der Waals surface area contributed by atoms with Crippen molar-refractivity contribution in [1.82, 2.24) is 10.2 Å². The Morgan fingerprint density at radius 2 is 2.12 bits per heavy atom.